The second-order valence-electron chi connectivity index (χ2n) is 7.64. The summed E-state index contributed by atoms with van der Waals surface area (Å²) >= 11 is 0. The van der Waals surface area contributed by atoms with Crippen molar-refractivity contribution in [1.29, 1.82) is 0 Å². The van der Waals surface area contributed by atoms with Crippen molar-refractivity contribution in [3.63, 3.8) is 0 Å². The van der Waals surface area contributed by atoms with Gasteiger partial charge in [-0.25, -0.2) is 8.78 Å². The molecule has 3 unspecified atom stereocenters. The Bertz CT molecular complexity index is 846. The first kappa shape index (κ1) is 20.3. The Labute approximate surface area is 161 Å². The molecule has 7 nitrogen and oxygen atoms in total. The molecule has 2 aliphatic heterocycles. The number of hydrogen-bond acceptors (Lipinski definition) is 5. The highest BCUT2D eigenvalue weighted by Gasteiger charge is 2.68. The van der Waals surface area contributed by atoms with Crippen molar-refractivity contribution in [2.45, 2.75) is 51.0 Å². The van der Waals surface area contributed by atoms with Gasteiger partial charge in [-0.2, -0.15) is 0 Å². The van der Waals surface area contributed by atoms with Crippen LogP contribution >= 0.6 is 0 Å². The number of rotatable bonds is 5. The van der Waals surface area contributed by atoms with Crippen LogP contribution in [0.5, 0.6) is 0 Å². The van der Waals surface area contributed by atoms with Gasteiger partial charge in [-0.3, -0.25) is 14.4 Å². The van der Waals surface area contributed by atoms with Crippen LogP contribution in [-0.4, -0.2) is 62.8 Å². The summed E-state index contributed by atoms with van der Waals surface area (Å²) in [4.78, 5) is 40.3. The van der Waals surface area contributed by atoms with E-state index in [1.54, 1.807) is 6.92 Å². The third-order valence-electron chi connectivity index (χ3n) is 5.90. The van der Waals surface area contributed by atoms with Crippen molar-refractivity contribution in [3.8, 4) is 0 Å². The topological polar surface area (TPSA) is 104 Å². The van der Waals surface area contributed by atoms with Crippen LogP contribution in [0.1, 0.15) is 26.3 Å². The maximum Gasteiger partial charge on any atom is 0.251 e. The van der Waals surface area contributed by atoms with E-state index in [4.69, 9.17) is 5.73 Å². The van der Waals surface area contributed by atoms with E-state index in [-0.39, 0.29) is 18.9 Å². The molecule has 1 aromatic rings. The van der Waals surface area contributed by atoms with Gasteiger partial charge < -0.3 is 20.6 Å². The monoisotopic (exact) mass is 395 g/mol. The van der Waals surface area contributed by atoms with E-state index >= 15 is 0 Å². The molecular formula is C19H23F2N3O4. The van der Waals surface area contributed by atoms with Gasteiger partial charge in [0.1, 0.15) is 11.6 Å². The van der Waals surface area contributed by atoms with Crippen molar-refractivity contribution >= 4 is 17.6 Å². The van der Waals surface area contributed by atoms with Gasteiger partial charge in [0, 0.05) is 12.5 Å². The lowest BCUT2D eigenvalue weighted by Crippen LogP contribution is -2.78. The molecule has 3 rings (SSSR count). The van der Waals surface area contributed by atoms with E-state index in [1.165, 1.54) is 29.7 Å². The molecule has 152 valence electrons. The minimum atomic E-state index is -1.27. The largest absolute Gasteiger partial charge is 0.391 e. The number of benzene rings is 1. The Balaban J connectivity index is 1.93. The number of carbonyl (C=O) groups is 3. The van der Waals surface area contributed by atoms with Crippen LogP contribution in [0.3, 0.4) is 0 Å². The summed E-state index contributed by atoms with van der Waals surface area (Å²) in [6.07, 6.45) is -1.07. The smallest absolute Gasteiger partial charge is 0.251 e. The van der Waals surface area contributed by atoms with E-state index in [2.05, 4.69) is 0 Å². The Kier molecular flexibility index (Phi) is 5.01. The average molecular weight is 395 g/mol. The number of nitrogens with zero attached hydrogens (tertiary/aromatic N) is 2. The number of aliphatic hydroxyl groups is 1. The highest BCUT2D eigenvalue weighted by Crippen LogP contribution is 2.45. The fourth-order valence-electron chi connectivity index (χ4n) is 4.31. The summed E-state index contributed by atoms with van der Waals surface area (Å²) in [5.74, 6) is -3.93. The molecule has 2 aliphatic rings. The number of likely N-dealkylation sites (tertiary alicyclic amines) is 2. The first-order valence-electron chi connectivity index (χ1n) is 9.03. The lowest BCUT2D eigenvalue weighted by Gasteiger charge is -2.55. The molecular weight excluding hydrogens is 372 g/mol. The number of β-lactam (4-membered cyclic amide) rings is 1. The Morgan fingerprint density at radius 1 is 1.36 bits per heavy atom. The molecule has 2 fully saturated rings. The SMILES string of the molecule is CC(=O)[C@H]([C@@H](C)O)N1CC2(C1=O)C(C)C(N)C(=O)N2Cc1ccc(F)c(F)c1. The molecule has 0 aromatic heterocycles. The molecule has 9 heteroatoms. The zero-order chi connectivity index (χ0) is 21.0. The number of aliphatic hydroxyl groups excluding tert-OH is 1. The summed E-state index contributed by atoms with van der Waals surface area (Å²) in [5, 5.41) is 9.90. The summed E-state index contributed by atoms with van der Waals surface area (Å²) in [6, 6.07) is 1.32. The van der Waals surface area contributed by atoms with Crippen molar-refractivity contribution in [1.82, 2.24) is 9.80 Å². The molecule has 0 radical (unpaired) electrons. The fraction of sp³-hybridized carbons (Fsp3) is 0.526. The molecule has 0 bridgehead atoms. The molecule has 3 N–H and O–H groups in total. The molecule has 1 spiro atoms. The van der Waals surface area contributed by atoms with Gasteiger partial charge in [0.05, 0.1) is 18.7 Å². The van der Waals surface area contributed by atoms with Gasteiger partial charge in [-0.05, 0) is 31.5 Å². The van der Waals surface area contributed by atoms with E-state index in [0.29, 0.717) is 5.56 Å². The van der Waals surface area contributed by atoms with E-state index in [0.717, 1.165) is 12.1 Å². The minimum absolute atomic E-state index is 0.0330. The van der Waals surface area contributed by atoms with Crippen LogP contribution < -0.4 is 5.73 Å². The standard InChI is InChI=1S/C19H23F2N3O4/c1-9-15(22)17(27)24(7-12-4-5-13(20)14(21)6-12)19(9)8-23(18(19)28)16(10(2)25)11(3)26/h4-6,9-10,15-16,25H,7-8,22H2,1-3H3/t9?,10-,15?,16+,19?/m1/s1. The highest BCUT2D eigenvalue weighted by molar-refractivity contribution is 6.04. The number of Topliss-reactive ketones (excluding diaryl/α,β-unsaturated/α-hetero) is 1. The number of halogens is 2. The van der Waals surface area contributed by atoms with Crippen LogP contribution in [0.25, 0.3) is 0 Å². The first-order chi connectivity index (χ1) is 13.0. The normalized spacial score (nSPS) is 29.2. The Morgan fingerprint density at radius 2 is 2.00 bits per heavy atom. The predicted octanol–water partition coefficient (Wildman–Crippen LogP) is 0.190. The number of nitrogens with two attached hydrogens (primary N) is 1. The van der Waals surface area contributed by atoms with Gasteiger partial charge >= 0.3 is 0 Å². The van der Waals surface area contributed by atoms with Crippen LogP contribution in [0.15, 0.2) is 18.2 Å². The predicted molar refractivity (Wildman–Crippen MR) is 94.6 cm³/mol. The van der Waals surface area contributed by atoms with Crippen molar-refractivity contribution in [2.75, 3.05) is 6.54 Å². The second-order valence-corrected chi connectivity index (χ2v) is 7.64. The number of amides is 2. The quantitative estimate of drug-likeness (QED) is 0.693. The van der Waals surface area contributed by atoms with Gasteiger partial charge in [0.2, 0.25) is 5.91 Å². The summed E-state index contributed by atoms with van der Waals surface area (Å²) in [6.45, 7) is 4.29. The Hall–Kier alpha value is -2.39. The molecule has 1 aromatic carbocycles. The third-order valence-corrected chi connectivity index (χ3v) is 5.90. The zero-order valence-electron chi connectivity index (χ0n) is 15.9. The Morgan fingerprint density at radius 3 is 2.50 bits per heavy atom. The van der Waals surface area contributed by atoms with Gasteiger partial charge in [0.15, 0.2) is 17.4 Å². The first-order valence-corrected chi connectivity index (χ1v) is 9.03. The van der Waals surface area contributed by atoms with Gasteiger partial charge in [-0.1, -0.05) is 13.0 Å². The summed E-state index contributed by atoms with van der Waals surface area (Å²) in [5.41, 5.74) is 5.04. The third kappa shape index (κ3) is 2.80. The number of ketones is 1. The van der Waals surface area contributed by atoms with Crippen LogP contribution in [0, 0.1) is 17.6 Å². The summed E-state index contributed by atoms with van der Waals surface area (Å²) < 4.78 is 26.8. The lowest BCUT2D eigenvalue weighted by atomic mass is 9.75. The molecule has 5 atom stereocenters. The van der Waals surface area contributed by atoms with Crippen molar-refractivity contribution < 1.29 is 28.3 Å². The fourth-order valence-corrected chi connectivity index (χ4v) is 4.31. The second kappa shape index (κ2) is 6.89. The highest BCUT2D eigenvalue weighted by atomic mass is 19.2. The molecule has 0 aliphatic carbocycles. The molecule has 28 heavy (non-hydrogen) atoms. The van der Waals surface area contributed by atoms with Crippen LogP contribution in [0.4, 0.5) is 8.78 Å². The van der Waals surface area contributed by atoms with Gasteiger partial charge in [-0.15, -0.1) is 0 Å². The van der Waals surface area contributed by atoms with E-state index < -0.39 is 53.1 Å². The zero-order valence-corrected chi connectivity index (χ0v) is 15.9. The van der Waals surface area contributed by atoms with E-state index in [1.807, 2.05) is 0 Å². The average Bonchev–Trinajstić information content (AvgIpc) is 2.80. The van der Waals surface area contributed by atoms with Crippen molar-refractivity contribution in [3.05, 3.63) is 35.4 Å². The van der Waals surface area contributed by atoms with Gasteiger partial charge in [0.25, 0.3) is 5.91 Å². The minimum Gasteiger partial charge on any atom is -0.391 e. The van der Waals surface area contributed by atoms with E-state index in [9.17, 15) is 28.3 Å². The summed E-state index contributed by atoms with van der Waals surface area (Å²) in [7, 11) is 0. The van der Waals surface area contributed by atoms with Crippen molar-refractivity contribution in [2.24, 2.45) is 11.7 Å². The van der Waals surface area contributed by atoms with Crippen LogP contribution in [0.2, 0.25) is 0 Å². The van der Waals surface area contributed by atoms with Crippen LogP contribution in [-0.2, 0) is 20.9 Å². The lowest BCUT2D eigenvalue weighted by molar-refractivity contribution is -0.178. The number of hydrogen-bond donors (Lipinski definition) is 2. The maximum atomic E-state index is 13.6. The number of carbonyl (C=O) groups excluding carboxylic acids is 3. The maximum absolute atomic E-state index is 13.6. The molecule has 2 heterocycles. The molecule has 0 saturated carbocycles. The molecule has 2 amide bonds. The molecule has 2 saturated heterocycles.